The fourth-order valence-electron chi connectivity index (χ4n) is 2.92. The van der Waals surface area contributed by atoms with Crippen LogP contribution in [0.5, 0.6) is 6.01 Å². The molecule has 1 fully saturated rings. The number of benzene rings is 1. The molecule has 1 aromatic heterocycles. The second kappa shape index (κ2) is 8.18. The average molecular weight is 391 g/mol. The molecule has 27 heavy (non-hydrogen) atoms. The molecule has 1 aromatic carbocycles. The third-order valence-corrected chi connectivity index (χ3v) is 6.08. The van der Waals surface area contributed by atoms with Crippen molar-refractivity contribution in [3.63, 3.8) is 0 Å². The molecule has 0 bridgehead atoms. The number of anilines is 1. The number of aromatic nitrogens is 3. The summed E-state index contributed by atoms with van der Waals surface area (Å²) >= 11 is 0. The normalized spacial score (nSPS) is 15.0. The second-order valence-corrected chi connectivity index (χ2v) is 8.42. The van der Waals surface area contributed by atoms with Crippen LogP contribution in [-0.2, 0) is 16.6 Å². The highest BCUT2D eigenvalue weighted by atomic mass is 32.2. The van der Waals surface area contributed by atoms with Gasteiger partial charge in [-0.25, -0.2) is 13.1 Å². The van der Waals surface area contributed by atoms with Gasteiger partial charge in [0, 0.05) is 13.1 Å². The summed E-state index contributed by atoms with van der Waals surface area (Å²) in [4.78, 5) is 15.2. The summed E-state index contributed by atoms with van der Waals surface area (Å²) in [5.41, 5.74) is 1.97. The van der Waals surface area contributed by atoms with Crippen molar-refractivity contribution in [1.29, 1.82) is 0 Å². The highest BCUT2D eigenvalue weighted by molar-refractivity contribution is 7.89. The molecule has 3 rings (SSSR count). The number of piperidine rings is 1. The van der Waals surface area contributed by atoms with Crippen LogP contribution in [0, 0.1) is 13.8 Å². The van der Waals surface area contributed by atoms with Crippen molar-refractivity contribution in [2.24, 2.45) is 0 Å². The van der Waals surface area contributed by atoms with Gasteiger partial charge in [0.25, 0.3) is 0 Å². The van der Waals surface area contributed by atoms with E-state index in [9.17, 15) is 8.42 Å². The topological polar surface area (TPSA) is 97.3 Å². The lowest BCUT2D eigenvalue weighted by Crippen LogP contribution is -2.32. The van der Waals surface area contributed by atoms with Crippen molar-refractivity contribution in [1.82, 2.24) is 19.7 Å². The molecule has 0 radical (unpaired) electrons. The van der Waals surface area contributed by atoms with Gasteiger partial charge in [-0.2, -0.15) is 15.0 Å². The number of rotatable bonds is 6. The SMILES string of the molecule is COc1nc(CNS(=O)(=O)c2ccc(C)c(C)c2)nc(N2CCCCC2)n1. The Balaban J connectivity index is 1.79. The summed E-state index contributed by atoms with van der Waals surface area (Å²) in [6.45, 7) is 5.55. The number of hydrogen-bond acceptors (Lipinski definition) is 7. The zero-order valence-corrected chi connectivity index (χ0v) is 16.7. The van der Waals surface area contributed by atoms with Crippen LogP contribution in [-0.4, -0.2) is 43.6 Å². The monoisotopic (exact) mass is 391 g/mol. The summed E-state index contributed by atoms with van der Waals surface area (Å²) in [5, 5.41) is 0. The van der Waals surface area contributed by atoms with Gasteiger partial charge >= 0.3 is 6.01 Å². The van der Waals surface area contributed by atoms with E-state index in [2.05, 4.69) is 24.6 Å². The first kappa shape index (κ1) is 19.5. The van der Waals surface area contributed by atoms with Crippen LogP contribution in [0.15, 0.2) is 23.1 Å². The predicted octanol–water partition coefficient (Wildman–Crippen LogP) is 1.97. The largest absolute Gasteiger partial charge is 0.467 e. The lowest BCUT2D eigenvalue weighted by Gasteiger charge is -2.26. The zero-order chi connectivity index (χ0) is 19.4. The fraction of sp³-hybridized carbons (Fsp3) is 0.500. The van der Waals surface area contributed by atoms with Crippen LogP contribution < -0.4 is 14.4 Å². The van der Waals surface area contributed by atoms with Gasteiger partial charge in [-0.05, 0) is 56.4 Å². The van der Waals surface area contributed by atoms with Crippen molar-refractivity contribution in [3.8, 4) is 6.01 Å². The van der Waals surface area contributed by atoms with Crippen molar-refractivity contribution < 1.29 is 13.2 Å². The smallest absolute Gasteiger partial charge is 0.321 e. The van der Waals surface area contributed by atoms with E-state index >= 15 is 0 Å². The molecule has 8 nitrogen and oxygen atoms in total. The van der Waals surface area contributed by atoms with E-state index < -0.39 is 10.0 Å². The molecule has 0 spiro atoms. The van der Waals surface area contributed by atoms with E-state index in [1.54, 1.807) is 18.2 Å². The van der Waals surface area contributed by atoms with Crippen LogP contribution in [0.3, 0.4) is 0 Å². The molecule has 0 amide bonds. The van der Waals surface area contributed by atoms with Gasteiger partial charge in [0.15, 0.2) is 5.82 Å². The van der Waals surface area contributed by atoms with Crippen molar-refractivity contribution in [2.75, 3.05) is 25.1 Å². The van der Waals surface area contributed by atoms with E-state index in [1.807, 2.05) is 13.8 Å². The first-order valence-corrected chi connectivity index (χ1v) is 10.5. The van der Waals surface area contributed by atoms with Crippen LogP contribution in [0.2, 0.25) is 0 Å². The number of aryl methyl sites for hydroxylation is 2. The first-order valence-electron chi connectivity index (χ1n) is 9.00. The Morgan fingerprint density at radius 2 is 1.81 bits per heavy atom. The molecule has 0 unspecified atom stereocenters. The molecule has 0 saturated carbocycles. The molecule has 146 valence electrons. The number of hydrogen-bond donors (Lipinski definition) is 1. The minimum atomic E-state index is -3.66. The molecular formula is C18H25N5O3S. The molecular weight excluding hydrogens is 366 g/mol. The Hall–Kier alpha value is -2.26. The molecule has 1 aliphatic rings. The van der Waals surface area contributed by atoms with Crippen LogP contribution >= 0.6 is 0 Å². The third kappa shape index (κ3) is 4.72. The van der Waals surface area contributed by atoms with E-state index in [1.165, 1.54) is 13.5 Å². The molecule has 1 saturated heterocycles. The summed E-state index contributed by atoms with van der Waals surface area (Å²) in [6, 6.07) is 5.23. The van der Waals surface area contributed by atoms with Crippen LogP contribution in [0.4, 0.5) is 5.95 Å². The predicted molar refractivity (Wildman–Crippen MR) is 102 cm³/mol. The summed E-state index contributed by atoms with van der Waals surface area (Å²) in [7, 11) is -2.18. The van der Waals surface area contributed by atoms with Gasteiger partial charge in [0.05, 0.1) is 18.6 Å². The van der Waals surface area contributed by atoms with Crippen molar-refractivity contribution in [3.05, 3.63) is 35.2 Å². The molecule has 1 aliphatic heterocycles. The number of nitrogens with one attached hydrogen (secondary N) is 1. The number of nitrogens with zero attached hydrogens (tertiary/aromatic N) is 4. The minimum Gasteiger partial charge on any atom is -0.467 e. The highest BCUT2D eigenvalue weighted by Gasteiger charge is 2.19. The lowest BCUT2D eigenvalue weighted by molar-refractivity contribution is 0.374. The minimum absolute atomic E-state index is 0.0328. The standard InChI is InChI=1S/C18H25N5O3S/c1-13-7-8-15(11-14(13)2)27(24,25)19-12-16-20-17(22-18(21-16)26-3)23-9-5-4-6-10-23/h7-8,11,19H,4-6,9-10,12H2,1-3H3. The van der Waals surface area contributed by atoms with Gasteiger partial charge < -0.3 is 9.64 Å². The summed E-state index contributed by atoms with van der Waals surface area (Å²) < 4.78 is 32.9. The van der Waals surface area contributed by atoms with Crippen LogP contribution in [0.1, 0.15) is 36.2 Å². The molecule has 0 aliphatic carbocycles. The Kier molecular flexibility index (Phi) is 5.91. The maximum atomic E-state index is 12.6. The Morgan fingerprint density at radius 3 is 2.48 bits per heavy atom. The van der Waals surface area contributed by atoms with Gasteiger partial charge in [-0.15, -0.1) is 0 Å². The maximum Gasteiger partial charge on any atom is 0.321 e. The van der Waals surface area contributed by atoms with Gasteiger partial charge in [0.1, 0.15) is 0 Å². The molecule has 0 atom stereocenters. The molecule has 9 heteroatoms. The summed E-state index contributed by atoms with van der Waals surface area (Å²) in [5.74, 6) is 0.858. The van der Waals surface area contributed by atoms with E-state index in [0.29, 0.717) is 11.8 Å². The second-order valence-electron chi connectivity index (χ2n) is 6.66. The Labute approximate surface area is 160 Å². The maximum absolute atomic E-state index is 12.6. The molecule has 2 heterocycles. The Bertz CT molecular complexity index is 911. The molecule has 1 N–H and O–H groups in total. The Morgan fingerprint density at radius 1 is 1.07 bits per heavy atom. The first-order chi connectivity index (χ1) is 12.9. The highest BCUT2D eigenvalue weighted by Crippen LogP contribution is 2.18. The fourth-order valence-corrected chi connectivity index (χ4v) is 3.98. The third-order valence-electron chi connectivity index (χ3n) is 4.68. The van der Waals surface area contributed by atoms with Gasteiger partial charge in [-0.1, -0.05) is 6.07 Å². The lowest BCUT2D eigenvalue weighted by atomic mass is 10.1. The quantitative estimate of drug-likeness (QED) is 0.804. The van der Waals surface area contributed by atoms with Crippen molar-refractivity contribution >= 4 is 16.0 Å². The van der Waals surface area contributed by atoms with Gasteiger partial charge in [0.2, 0.25) is 16.0 Å². The van der Waals surface area contributed by atoms with Gasteiger partial charge in [-0.3, -0.25) is 0 Å². The number of ether oxygens (including phenoxy) is 1. The van der Waals surface area contributed by atoms with E-state index in [-0.39, 0.29) is 17.5 Å². The van der Waals surface area contributed by atoms with Crippen LogP contribution in [0.25, 0.3) is 0 Å². The number of sulfonamides is 1. The molecule has 2 aromatic rings. The zero-order valence-electron chi connectivity index (χ0n) is 15.9. The number of methoxy groups -OCH3 is 1. The average Bonchev–Trinajstić information content (AvgIpc) is 2.69. The van der Waals surface area contributed by atoms with E-state index in [0.717, 1.165) is 37.1 Å². The van der Waals surface area contributed by atoms with Crippen molar-refractivity contribution in [2.45, 2.75) is 44.6 Å². The summed E-state index contributed by atoms with van der Waals surface area (Å²) in [6.07, 6.45) is 3.37. The van der Waals surface area contributed by atoms with E-state index in [4.69, 9.17) is 4.74 Å².